The van der Waals surface area contributed by atoms with Crippen molar-refractivity contribution in [2.45, 2.75) is 39.3 Å². The summed E-state index contributed by atoms with van der Waals surface area (Å²) in [6, 6.07) is 10.3. The molecule has 2 N–H and O–H groups in total. The Balaban J connectivity index is 2.06. The highest BCUT2D eigenvalue weighted by atomic mass is 16.5. The fraction of sp³-hybridized carbons (Fsp3) is 0.524. The Morgan fingerprint density at radius 3 is 2.64 bits per heavy atom. The van der Waals surface area contributed by atoms with Crippen molar-refractivity contribution in [3.05, 3.63) is 47.3 Å². The van der Waals surface area contributed by atoms with Crippen molar-refractivity contribution in [3.63, 3.8) is 0 Å². The minimum Gasteiger partial charge on any atom is -0.497 e. The molecule has 0 saturated carbocycles. The van der Waals surface area contributed by atoms with Crippen LogP contribution in [0.25, 0.3) is 0 Å². The molecule has 1 atom stereocenters. The molecule has 0 radical (unpaired) electrons. The molecule has 0 bridgehead atoms. The van der Waals surface area contributed by atoms with Crippen LogP contribution in [0, 0.1) is 0 Å². The Bertz CT molecular complexity index is 755. The van der Waals surface area contributed by atoms with Crippen LogP contribution in [-0.4, -0.2) is 50.3 Å². The van der Waals surface area contributed by atoms with Gasteiger partial charge in [-0.1, -0.05) is 31.1 Å². The van der Waals surface area contributed by atoms with E-state index < -0.39 is 0 Å². The molecule has 1 unspecified atom stereocenters. The highest BCUT2D eigenvalue weighted by Crippen LogP contribution is 2.22. The van der Waals surface area contributed by atoms with Crippen LogP contribution in [0.3, 0.4) is 0 Å². The Kier molecular flexibility index (Phi) is 8.32. The zero-order valence-corrected chi connectivity index (χ0v) is 17.8. The lowest BCUT2D eigenvalue weighted by Crippen LogP contribution is -2.41. The number of nitrogens with one attached hydrogen (secondary N) is 2. The lowest BCUT2D eigenvalue weighted by Gasteiger charge is -2.26. The maximum Gasteiger partial charge on any atom is 0.191 e. The second kappa shape index (κ2) is 10.7. The Hall–Kier alpha value is -2.54. The average molecular weight is 388 g/mol. The minimum absolute atomic E-state index is 0.178. The van der Waals surface area contributed by atoms with Crippen LogP contribution in [-0.2, 0) is 6.54 Å². The standard InChI is InChI=1S/C21H33N5O2/c1-7-22-21(23-13-18-12-19(15(2)3)25-28-18)24-14-20(26(4)5)16-9-8-10-17(11-16)27-6/h8-12,15,20H,7,13-14H2,1-6H3,(H2,22,23,24). The summed E-state index contributed by atoms with van der Waals surface area (Å²) in [6.45, 7) is 8.17. The maximum absolute atomic E-state index is 5.38. The topological polar surface area (TPSA) is 74.9 Å². The third kappa shape index (κ3) is 6.27. The van der Waals surface area contributed by atoms with Gasteiger partial charge in [-0.2, -0.15) is 0 Å². The first-order valence-electron chi connectivity index (χ1n) is 9.72. The van der Waals surface area contributed by atoms with E-state index in [2.05, 4.69) is 65.8 Å². The van der Waals surface area contributed by atoms with Gasteiger partial charge in [0.05, 0.1) is 18.8 Å². The van der Waals surface area contributed by atoms with Crippen molar-refractivity contribution < 1.29 is 9.26 Å². The van der Waals surface area contributed by atoms with Crippen molar-refractivity contribution >= 4 is 5.96 Å². The molecule has 0 fully saturated rings. The van der Waals surface area contributed by atoms with Crippen LogP contribution in [0.5, 0.6) is 5.75 Å². The van der Waals surface area contributed by atoms with Crippen molar-refractivity contribution in [1.29, 1.82) is 0 Å². The molecule has 0 saturated heterocycles. The van der Waals surface area contributed by atoms with Gasteiger partial charge in [0.25, 0.3) is 0 Å². The molecule has 0 amide bonds. The molecule has 1 aromatic carbocycles. The number of likely N-dealkylation sites (N-methyl/N-ethyl adjacent to an activating group) is 1. The van der Waals surface area contributed by atoms with Gasteiger partial charge in [0.15, 0.2) is 11.7 Å². The molecule has 1 heterocycles. The number of benzene rings is 1. The predicted molar refractivity (Wildman–Crippen MR) is 113 cm³/mol. The van der Waals surface area contributed by atoms with E-state index in [1.807, 2.05) is 25.1 Å². The highest BCUT2D eigenvalue weighted by Gasteiger charge is 2.15. The maximum atomic E-state index is 5.38. The van der Waals surface area contributed by atoms with Crippen molar-refractivity contribution in [3.8, 4) is 5.75 Å². The van der Waals surface area contributed by atoms with E-state index in [4.69, 9.17) is 9.26 Å². The molecule has 0 aliphatic carbocycles. The van der Waals surface area contributed by atoms with E-state index in [9.17, 15) is 0 Å². The largest absolute Gasteiger partial charge is 0.497 e. The summed E-state index contributed by atoms with van der Waals surface area (Å²) < 4.78 is 10.7. The van der Waals surface area contributed by atoms with E-state index >= 15 is 0 Å². The molecular formula is C21H33N5O2. The first-order valence-corrected chi connectivity index (χ1v) is 9.72. The van der Waals surface area contributed by atoms with Crippen LogP contribution >= 0.6 is 0 Å². The lowest BCUT2D eigenvalue weighted by atomic mass is 10.1. The molecule has 28 heavy (non-hydrogen) atoms. The lowest BCUT2D eigenvalue weighted by molar-refractivity contribution is 0.297. The number of methoxy groups -OCH3 is 1. The smallest absolute Gasteiger partial charge is 0.191 e. The van der Waals surface area contributed by atoms with Gasteiger partial charge in [-0.25, -0.2) is 4.99 Å². The average Bonchev–Trinajstić information content (AvgIpc) is 3.15. The quantitative estimate of drug-likeness (QED) is 0.508. The molecular weight excluding hydrogens is 354 g/mol. The normalized spacial score (nSPS) is 13.1. The van der Waals surface area contributed by atoms with Gasteiger partial charge in [-0.3, -0.25) is 0 Å². The molecule has 1 aromatic heterocycles. The summed E-state index contributed by atoms with van der Waals surface area (Å²) in [4.78, 5) is 6.81. The number of guanidine groups is 1. The zero-order chi connectivity index (χ0) is 20.5. The highest BCUT2D eigenvalue weighted by molar-refractivity contribution is 5.79. The number of ether oxygens (including phenoxy) is 1. The molecule has 154 valence electrons. The van der Waals surface area contributed by atoms with Gasteiger partial charge < -0.3 is 24.8 Å². The number of rotatable bonds is 9. The Morgan fingerprint density at radius 1 is 1.25 bits per heavy atom. The number of hydrogen-bond donors (Lipinski definition) is 2. The molecule has 0 aliphatic heterocycles. The fourth-order valence-electron chi connectivity index (χ4n) is 2.81. The van der Waals surface area contributed by atoms with Crippen molar-refractivity contribution in [2.24, 2.45) is 4.99 Å². The van der Waals surface area contributed by atoms with E-state index in [1.165, 1.54) is 5.56 Å². The predicted octanol–water partition coefficient (Wildman–Crippen LogP) is 3.16. The zero-order valence-electron chi connectivity index (χ0n) is 17.8. The first kappa shape index (κ1) is 21.8. The minimum atomic E-state index is 0.178. The SMILES string of the molecule is CCNC(=NCc1cc(C(C)C)no1)NCC(c1cccc(OC)c1)N(C)C. The van der Waals surface area contributed by atoms with E-state index in [1.54, 1.807) is 7.11 Å². The van der Waals surface area contributed by atoms with E-state index in [-0.39, 0.29) is 6.04 Å². The number of aliphatic imine (C=N–C) groups is 1. The van der Waals surface area contributed by atoms with Gasteiger partial charge >= 0.3 is 0 Å². The van der Waals surface area contributed by atoms with Crippen LogP contribution in [0.1, 0.15) is 49.7 Å². The molecule has 7 nitrogen and oxygen atoms in total. The van der Waals surface area contributed by atoms with Gasteiger partial charge in [-0.05, 0) is 44.6 Å². The van der Waals surface area contributed by atoms with Gasteiger partial charge in [0.2, 0.25) is 0 Å². The molecule has 2 aromatic rings. The number of nitrogens with zero attached hydrogens (tertiary/aromatic N) is 3. The molecule has 0 aliphatic rings. The van der Waals surface area contributed by atoms with Crippen LogP contribution in [0.4, 0.5) is 0 Å². The third-order valence-electron chi connectivity index (χ3n) is 4.47. The van der Waals surface area contributed by atoms with Gasteiger partial charge in [0.1, 0.15) is 12.3 Å². The number of hydrogen-bond acceptors (Lipinski definition) is 5. The summed E-state index contributed by atoms with van der Waals surface area (Å²) in [7, 11) is 5.82. The summed E-state index contributed by atoms with van der Waals surface area (Å²) in [5, 5.41) is 10.8. The second-order valence-corrected chi connectivity index (χ2v) is 7.20. The number of aromatic nitrogens is 1. The third-order valence-corrected chi connectivity index (χ3v) is 4.47. The van der Waals surface area contributed by atoms with Gasteiger partial charge in [0, 0.05) is 19.2 Å². The second-order valence-electron chi connectivity index (χ2n) is 7.20. The van der Waals surface area contributed by atoms with Gasteiger partial charge in [-0.15, -0.1) is 0 Å². The fourth-order valence-corrected chi connectivity index (χ4v) is 2.81. The Labute approximate surface area is 168 Å². The summed E-state index contributed by atoms with van der Waals surface area (Å²) in [5.41, 5.74) is 2.14. The van der Waals surface area contributed by atoms with Crippen LogP contribution in [0.2, 0.25) is 0 Å². The van der Waals surface area contributed by atoms with Crippen molar-refractivity contribution in [2.75, 3.05) is 34.3 Å². The van der Waals surface area contributed by atoms with E-state index in [0.29, 0.717) is 19.0 Å². The monoisotopic (exact) mass is 387 g/mol. The molecule has 2 rings (SSSR count). The summed E-state index contributed by atoms with van der Waals surface area (Å²) >= 11 is 0. The van der Waals surface area contributed by atoms with E-state index in [0.717, 1.165) is 29.7 Å². The van der Waals surface area contributed by atoms with Crippen LogP contribution < -0.4 is 15.4 Å². The first-order chi connectivity index (χ1) is 13.4. The Morgan fingerprint density at radius 2 is 2.04 bits per heavy atom. The molecule has 0 spiro atoms. The van der Waals surface area contributed by atoms with Crippen molar-refractivity contribution in [1.82, 2.24) is 20.7 Å². The summed E-state index contributed by atoms with van der Waals surface area (Å²) in [6.07, 6.45) is 0. The molecule has 7 heteroatoms. The summed E-state index contributed by atoms with van der Waals surface area (Å²) in [5.74, 6) is 2.71. The van der Waals surface area contributed by atoms with Crippen LogP contribution in [0.15, 0.2) is 39.8 Å².